The average molecular weight is 508 g/mol. The Morgan fingerprint density at radius 1 is 1.29 bits per heavy atom. The topological polar surface area (TPSA) is 82.5 Å². The molecule has 1 aromatic heterocycles. The zero-order valence-corrected chi connectivity index (χ0v) is 23.2. The summed E-state index contributed by atoms with van der Waals surface area (Å²) in [6.45, 7) is 14.3. The van der Waals surface area contributed by atoms with Crippen molar-refractivity contribution in [3.63, 3.8) is 0 Å². The van der Waals surface area contributed by atoms with E-state index in [1.807, 2.05) is 23.6 Å². The van der Waals surface area contributed by atoms with Crippen LogP contribution in [0.1, 0.15) is 77.3 Å². The molecule has 1 aromatic rings. The molecule has 0 radical (unpaired) electrons. The van der Waals surface area contributed by atoms with Crippen LogP contribution in [-0.4, -0.2) is 57.5 Å². The van der Waals surface area contributed by atoms with E-state index in [-0.39, 0.29) is 46.3 Å². The molecule has 1 saturated heterocycles. The number of fused-ring (bicyclic) bond motifs is 2. The van der Waals surface area contributed by atoms with Crippen molar-refractivity contribution < 1.29 is 14.7 Å². The molecule has 34 heavy (non-hydrogen) atoms. The summed E-state index contributed by atoms with van der Waals surface area (Å²) in [5, 5.41) is 15.3. The number of aromatic nitrogens is 1. The van der Waals surface area contributed by atoms with E-state index >= 15 is 0 Å². The number of aliphatic hydroxyl groups is 1. The second-order valence-electron chi connectivity index (χ2n) is 12.2. The first-order chi connectivity index (χ1) is 15.9. The number of amides is 2. The van der Waals surface area contributed by atoms with Gasteiger partial charge in [0.15, 0.2) is 5.13 Å². The average Bonchev–Trinajstić information content (AvgIpc) is 3.13. The Balaban J connectivity index is 1.51. The summed E-state index contributed by atoms with van der Waals surface area (Å²) < 4.78 is 0. The number of hydrogen-bond acceptors (Lipinski definition) is 6. The first-order valence-corrected chi connectivity index (χ1v) is 14.7. The minimum Gasteiger partial charge on any atom is -0.392 e. The molecular formula is C26H41N3O3S2. The minimum absolute atomic E-state index is 0.00146. The van der Waals surface area contributed by atoms with Crippen LogP contribution in [-0.2, 0) is 16.0 Å². The molecule has 6 atom stereocenters. The zero-order valence-electron chi connectivity index (χ0n) is 21.5. The van der Waals surface area contributed by atoms with Crippen molar-refractivity contribution in [2.24, 2.45) is 28.6 Å². The molecule has 2 aliphatic carbocycles. The number of anilines is 1. The van der Waals surface area contributed by atoms with Crippen molar-refractivity contribution >= 4 is 40.0 Å². The van der Waals surface area contributed by atoms with Gasteiger partial charge in [-0.05, 0) is 41.9 Å². The lowest BCUT2D eigenvalue weighted by atomic mass is 9.53. The maximum absolute atomic E-state index is 13.2. The Bertz CT molecular complexity index is 921. The van der Waals surface area contributed by atoms with Crippen LogP contribution in [0.2, 0.25) is 0 Å². The van der Waals surface area contributed by atoms with Gasteiger partial charge in [0.25, 0.3) is 0 Å². The summed E-state index contributed by atoms with van der Waals surface area (Å²) in [5.41, 5.74) is 0.925. The molecule has 2 fully saturated rings. The Kier molecular flexibility index (Phi) is 7.43. The van der Waals surface area contributed by atoms with Crippen LogP contribution in [0.25, 0.3) is 0 Å². The van der Waals surface area contributed by atoms with Crippen molar-refractivity contribution in [2.75, 3.05) is 29.9 Å². The molecule has 2 heterocycles. The summed E-state index contributed by atoms with van der Waals surface area (Å²) in [6, 6.07) is 0. The third kappa shape index (κ3) is 5.19. The number of thioether (sulfide) groups is 1. The van der Waals surface area contributed by atoms with Gasteiger partial charge in [-0.3, -0.25) is 9.59 Å². The summed E-state index contributed by atoms with van der Waals surface area (Å²) in [7, 11) is 0. The molecule has 1 aliphatic heterocycles. The van der Waals surface area contributed by atoms with E-state index < -0.39 is 6.10 Å². The van der Waals surface area contributed by atoms with Crippen LogP contribution < -0.4 is 5.32 Å². The van der Waals surface area contributed by atoms with E-state index in [9.17, 15) is 14.7 Å². The smallest absolute Gasteiger partial charge is 0.226 e. The van der Waals surface area contributed by atoms with Gasteiger partial charge in [0.05, 0.1) is 11.8 Å². The molecule has 8 heteroatoms. The first kappa shape index (κ1) is 26.0. The van der Waals surface area contributed by atoms with Crippen molar-refractivity contribution in [3.05, 3.63) is 10.6 Å². The van der Waals surface area contributed by atoms with Crippen molar-refractivity contribution in [1.82, 2.24) is 9.88 Å². The molecule has 1 saturated carbocycles. The van der Waals surface area contributed by atoms with Crippen molar-refractivity contribution in [3.8, 4) is 0 Å². The molecule has 4 rings (SSSR count). The van der Waals surface area contributed by atoms with Gasteiger partial charge in [-0.15, -0.1) is 11.3 Å². The van der Waals surface area contributed by atoms with Gasteiger partial charge in [0.1, 0.15) is 0 Å². The lowest BCUT2D eigenvalue weighted by molar-refractivity contribution is -0.144. The molecule has 0 spiro atoms. The van der Waals surface area contributed by atoms with Gasteiger partial charge < -0.3 is 15.3 Å². The maximum atomic E-state index is 13.2. The molecule has 190 valence electrons. The highest BCUT2D eigenvalue weighted by molar-refractivity contribution is 7.99. The van der Waals surface area contributed by atoms with Crippen LogP contribution in [0.3, 0.4) is 0 Å². The third-order valence-corrected chi connectivity index (χ3v) is 10.1. The largest absolute Gasteiger partial charge is 0.392 e. The quantitative estimate of drug-likeness (QED) is 0.613. The number of carbonyl (C=O) groups excluding carboxylic acids is 2. The molecule has 2 N–H and O–H groups in total. The third-order valence-electron chi connectivity index (χ3n) is 8.21. The van der Waals surface area contributed by atoms with Crippen molar-refractivity contribution in [1.29, 1.82) is 0 Å². The van der Waals surface area contributed by atoms with E-state index in [0.29, 0.717) is 11.6 Å². The van der Waals surface area contributed by atoms with Gasteiger partial charge >= 0.3 is 0 Å². The molecule has 0 aromatic carbocycles. The number of aliphatic hydroxyl groups excluding tert-OH is 1. The Morgan fingerprint density at radius 2 is 1.97 bits per heavy atom. The normalized spacial score (nSPS) is 32.5. The minimum atomic E-state index is -0.527. The second kappa shape index (κ2) is 9.74. The SMILES string of the molecule is C[C@H](C(=O)N1CCSCC1)[C@H]1CC[C@]2(C)Cc3sc(NC(=O)CC(C)(C)C)nc3[C@@H](C)[C@@H]2[C@H]1O. The van der Waals surface area contributed by atoms with E-state index in [4.69, 9.17) is 4.98 Å². The summed E-state index contributed by atoms with van der Waals surface area (Å²) in [5.74, 6) is 2.17. The van der Waals surface area contributed by atoms with E-state index in [1.54, 1.807) is 11.3 Å². The van der Waals surface area contributed by atoms with E-state index in [0.717, 1.165) is 49.6 Å². The van der Waals surface area contributed by atoms with Crippen LogP contribution in [0.4, 0.5) is 5.13 Å². The fraction of sp³-hybridized carbons (Fsp3) is 0.808. The van der Waals surface area contributed by atoms with Gasteiger partial charge in [-0.2, -0.15) is 11.8 Å². The van der Waals surface area contributed by atoms with Gasteiger partial charge in [-0.25, -0.2) is 4.98 Å². The predicted octanol–water partition coefficient (Wildman–Crippen LogP) is 4.78. The van der Waals surface area contributed by atoms with Crippen LogP contribution in [0.15, 0.2) is 0 Å². The van der Waals surface area contributed by atoms with E-state index in [1.165, 1.54) is 4.88 Å². The maximum Gasteiger partial charge on any atom is 0.226 e. The predicted molar refractivity (Wildman–Crippen MR) is 140 cm³/mol. The molecular weight excluding hydrogens is 466 g/mol. The second-order valence-corrected chi connectivity index (χ2v) is 14.5. The fourth-order valence-electron chi connectivity index (χ4n) is 6.50. The summed E-state index contributed by atoms with van der Waals surface area (Å²) >= 11 is 3.50. The fourth-order valence-corrected chi connectivity index (χ4v) is 8.68. The highest BCUT2D eigenvalue weighted by Crippen LogP contribution is 2.57. The molecule has 0 unspecified atom stereocenters. The highest BCUT2D eigenvalue weighted by atomic mass is 32.2. The van der Waals surface area contributed by atoms with Gasteiger partial charge in [-0.1, -0.05) is 41.5 Å². The first-order valence-electron chi connectivity index (χ1n) is 12.7. The number of thiazole rings is 1. The Morgan fingerprint density at radius 3 is 2.62 bits per heavy atom. The summed E-state index contributed by atoms with van der Waals surface area (Å²) in [6.07, 6.45) is 2.68. The Hall–Kier alpha value is -1.12. The molecule has 2 amide bonds. The highest BCUT2D eigenvalue weighted by Gasteiger charge is 2.54. The van der Waals surface area contributed by atoms with Gasteiger partial charge in [0.2, 0.25) is 11.8 Å². The lowest BCUT2D eigenvalue weighted by Gasteiger charge is -2.53. The van der Waals surface area contributed by atoms with E-state index in [2.05, 4.69) is 39.9 Å². The van der Waals surface area contributed by atoms with Crippen molar-refractivity contribution in [2.45, 2.75) is 79.2 Å². The number of hydrogen-bond donors (Lipinski definition) is 2. The van der Waals surface area contributed by atoms with Crippen LogP contribution >= 0.6 is 23.1 Å². The monoisotopic (exact) mass is 507 g/mol. The number of carbonyl (C=O) groups is 2. The number of rotatable bonds is 4. The number of nitrogens with zero attached hydrogens (tertiary/aromatic N) is 2. The number of nitrogens with one attached hydrogen (secondary N) is 1. The Labute approximate surface area is 212 Å². The zero-order chi connectivity index (χ0) is 24.8. The lowest BCUT2D eigenvalue weighted by Crippen LogP contribution is -2.54. The molecule has 3 aliphatic rings. The molecule has 0 bridgehead atoms. The summed E-state index contributed by atoms with van der Waals surface area (Å²) in [4.78, 5) is 33.8. The molecule has 6 nitrogen and oxygen atoms in total. The van der Waals surface area contributed by atoms with Crippen LogP contribution in [0.5, 0.6) is 0 Å². The van der Waals surface area contributed by atoms with Gasteiger partial charge in [0, 0.05) is 47.7 Å². The standard InChI is InChI=1S/C26H41N3O3S2/c1-15(23(32)29-9-11-33-12-10-29)17-7-8-26(6)13-18-21(16(2)20(26)22(17)31)28-24(34-18)27-19(30)14-25(3,4)5/h15-17,20,22,31H,7-14H2,1-6H3,(H,27,28,30)/t15-,16-,17+,20+,22-,26+/m0/s1. The van der Waals surface area contributed by atoms with Crippen LogP contribution in [0, 0.1) is 28.6 Å².